The van der Waals surface area contributed by atoms with Gasteiger partial charge in [0, 0.05) is 38.5 Å². The van der Waals surface area contributed by atoms with Gasteiger partial charge in [-0.05, 0) is 20.8 Å². The number of rotatable bonds is 6. The number of likely N-dealkylation sites (tertiary alicyclic amines) is 1. The van der Waals surface area contributed by atoms with Crippen LogP contribution in [0.5, 0.6) is 0 Å². The predicted molar refractivity (Wildman–Crippen MR) is 64.3 cm³/mol. The number of carbonyl (C=O) groups is 2. The third-order valence-electron chi connectivity index (χ3n) is 2.99. The van der Waals surface area contributed by atoms with Crippen molar-refractivity contribution in [1.29, 1.82) is 0 Å². The Labute approximate surface area is 102 Å². The van der Waals surface area contributed by atoms with Gasteiger partial charge in [0.25, 0.3) is 0 Å². The summed E-state index contributed by atoms with van der Waals surface area (Å²) in [6, 6.07) is 0.289. The molecule has 0 spiro atoms. The Balaban J connectivity index is 2.46. The van der Waals surface area contributed by atoms with E-state index in [1.54, 1.807) is 6.92 Å². The Morgan fingerprint density at radius 1 is 1.24 bits per heavy atom. The fourth-order valence-electron chi connectivity index (χ4n) is 2.00. The molecule has 0 aromatic heterocycles. The second kappa shape index (κ2) is 6.12. The SMILES string of the molecule is CC(O)CN(CCN1C(=O)CCC1=O)C(C)C. The fourth-order valence-corrected chi connectivity index (χ4v) is 2.00. The first-order valence-electron chi connectivity index (χ1n) is 6.17. The van der Waals surface area contributed by atoms with Crippen LogP contribution in [0.1, 0.15) is 33.6 Å². The van der Waals surface area contributed by atoms with Crippen LogP contribution in [0.3, 0.4) is 0 Å². The molecular weight excluding hydrogens is 220 g/mol. The van der Waals surface area contributed by atoms with Crippen LogP contribution in [0, 0.1) is 0 Å². The van der Waals surface area contributed by atoms with Gasteiger partial charge in [0.15, 0.2) is 0 Å². The molecule has 0 saturated carbocycles. The van der Waals surface area contributed by atoms with Gasteiger partial charge in [0.1, 0.15) is 0 Å². The zero-order valence-electron chi connectivity index (χ0n) is 10.8. The molecule has 1 unspecified atom stereocenters. The molecule has 17 heavy (non-hydrogen) atoms. The smallest absolute Gasteiger partial charge is 0.229 e. The summed E-state index contributed by atoms with van der Waals surface area (Å²) in [4.78, 5) is 26.3. The molecule has 0 aromatic carbocycles. The van der Waals surface area contributed by atoms with Crippen molar-refractivity contribution in [2.75, 3.05) is 19.6 Å². The van der Waals surface area contributed by atoms with Gasteiger partial charge in [0.05, 0.1) is 6.10 Å². The van der Waals surface area contributed by atoms with Crippen LogP contribution in [0.4, 0.5) is 0 Å². The van der Waals surface area contributed by atoms with Gasteiger partial charge in [-0.1, -0.05) is 0 Å². The number of aliphatic hydroxyl groups excluding tert-OH is 1. The van der Waals surface area contributed by atoms with Crippen molar-refractivity contribution < 1.29 is 14.7 Å². The lowest BCUT2D eigenvalue weighted by molar-refractivity contribution is -0.138. The van der Waals surface area contributed by atoms with E-state index in [2.05, 4.69) is 4.90 Å². The van der Waals surface area contributed by atoms with Crippen LogP contribution >= 0.6 is 0 Å². The second-order valence-electron chi connectivity index (χ2n) is 4.88. The summed E-state index contributed by atoms with van der Waals surface area (Å²) in [7, 11) is 0. The molecule has 1 heterocycles. The van der Waals surface area contributed by atoms with Crippen molar-refractivity contribution in [2.24, 2.45) is 0 Å². The highest BCUT2D eigenvalue weighted by Crippen LogP contribution is 2.11. The third-order valence-corrected chi connectivity index (χ3v) is 2.99. The van der Waals surface area contributed by atoms with Gasteiger partial charge in [-0.25, -0.2) is 0 Å². The van der Waals surface area contributed by atoms with Gasteiger partial charge in [0.2, 0.25) is 11.8 Å². The minimum absolute atomic E-state index is 0.0734. The summed E-state index contributed by atoms with van der Waals surface area (Å²) in [5, 5.41) is 9.38. The number of aliphatic hydroxyl groups is 1. The minimum atomic E-state index is -0.401. The molecule has 2 amide bonds. The highest BCUT2D eigenvalue weighted by Gasteiger charge is 2.29. The lowest BCUT2D eigenvalue weighted by atomic mass is 10.2. The van der Waals surface area contributed by atoms with Crippen LogP contribution in [0.25, 0.3) is 0 Å². The Hall–Kier alpha value is -0.940. The Morgan fingerprint density at radius 3 is 2.18 bits per heavy atom. The van der Waals surface area contributed by atoms with E-state index in [0.29, 0.717) is 32.5 Å². The molecule has 1 rings (SSSR count). The molecule has 1 saturated heterocycles. The maximum Gasteiger partial charge on any atom is 0.229 e. The van der Waals surface area contributed by atoms with Crippen LogP contribution in [-0.4, -0.2) is 58.5 Å². The largest absolute Gasteiger partial charge is 0.392 e. The quantitative estimate of drug-likeness (QED) is 0.677. The van der Waals surface area contributed by atoms with E-state index in [4.69, 9.17) is 0 Å². The van der Waals surface area contributed by atoms with Crippen molar-refractivity contribution in [3.63, 3.8) is 0 Å². The number of hydrogen-bond acceptors (Lipinski definition) is 4. The minimum Gasteiger partial charge on any atom is -0.392 e. The fraction of sp³-hybridized carbons (Fsp3) is 0.833. The van der Waals surface area contributed by atoms with Crippen molar-refractivity contribution in [1.82, 2.24) is 9.80 Å². The molecule has 1 fully saturated rings. The summed E-state index contributed by atoms with van der Waals surface area (Å²) >= 11 is 0. The normalized spacial score (nSPS) is 18.6. The zero-order chi connectivity index (χ0) is 13.0. The topological polar surface area (TPSA) is 60.9 Å². The lowest BCUT2D eigenvalue weighted by Gasteiger charge is -2.29. The number of carbonyl (C=O) groups excluding carboxylic acids is 2. The van der Waals surface area contributed by atoms with Gasteiger partial charge >= 0.3 is 0 Å². The third kappa shape index (κ3) is 4.09. The lowest BCUT2D eigenvalue weighted by Crippen LogP contribution is -2.43. The van der Waals surface area contributed by atoms with Crippen LogP contribution in [0.15, 0.2) is 0 Å². The number of imide groups is 1. The van der Waals surface area contributed by atoms with E-state index < -0.39 is 6.10 Å². The maximum atomic E-state index is 11.4. The second-order valence-corrected chi connectivity index (χ2v) is 4.88. The molecule has 0 aliphatic carbocycles. The van der Waals surface area contributed by atoms with Gasteiger partial charge < -0.3 is 5.11 Å². The average Bonchev–Trinajstić information content (AvgIpc) is 2.53. The Morgan fingerprint density at radius 2 is 1.76 bits per heavy atom. The van der Waals surface area contributed by atoms with Crippen molar-refractivity contribution >= 4 is 11.8 Å². The van der Waals surface area contributed by atoms with Crippen LogP contribution in [-0.2, 0) is 9.59 Å². The number of hydrogen-bond donors (Lipinski definition) is 1. The van der Waals surface area contributed by atoms with E-state index in [9.17, 15) is 14.7 Å². The first-order chi connectivity index (χ1) is 7.91. The van der Waals surface area contributed by atoms with E-state index in [-0.39, 0.29) is 17.9 Å². The Kier molecular flexibility index (Phi) is 5.08. The van der Waals surface area contributed by atoms with Crippen LogP contribution in [0.2, 0.25) is 0 Å². The van der Waals surface area contributed by atoms with Crippen molar-refractivity contribution in [3.8, 4) is 0 Å². The van der Waals surface area contributed by atoms with Crippen molar-refractivity contribution in [3.05, 3.63) is 0 Å². The predicted octanol–water partition coefficient (Wildman–Crippen LogP) is 0.227. The van der Waals surface area contributed by atoms with Crippen molar-refractivity contribution in [2.45, 2.75) is 45.8 Å². The van der Waals surface area contributed by atoms with Gasteiger partial charge in [-0.3, -0.25) is 19.4 Å². The molecule has 1 atom stereocenters. The number of nitrogens with zero attached hydrogens (tertiary/aromatic N) is 2. The molecule has 0 bridgehead atoms. The van der Waals surface area contributed by atoms with Gasteiger partial charge in [-0.15, -0.1) is 0 Å². The molecule has 1 aliphatic rings. The highest BCUT2D eigenvalue weighted by molar-refractivity contribution is 6.01. The Bertz CT molecular complexity index is 273. The standard InChI is InChI=1S/C12H22N2O3/c1-9(2)13(8-10(3)15)6-7-14-11(16)4-5-12(14)17/h9-10,15H,4-8H2,1-3H3. The highest BCUT2D eigenvalue weighted by atomic mass is 16.3. The molecule has 5 heteroatoms. The molecule has 0 radical (unpaired) electrons. The van der Waals surface area contributed by atoms with Crippen LogP contribution < -0.4 is 0 Å². The molecule has 5 nitrogen and oxygen atoms in total. The summed E-state index contributed by atoms with van der Waals surface area (Å²) in [5.41, 5.74) is 0. The van der Waals surface area contributed by atoms with E-state index in [1.165, 1.54) is 4.90 Å². The average molecular weight is 242 g/mol. The molecule has 98 valence electrons. The summed E-state index contributed by atoms with van der Waals surface area (Å²) in [6.07, 6.45) is 0.288. The first-order valence-corrected chi connectivity index (χ1v) is 6.17. The molecular formula is C12H22N2O3. The summed E-state index contributed by atoms with van der Waals surface area (Å²) in [6.45, 7) is 7.43. The summed E-state index contributed by atoms with van der Waals surface area (Å²) in [5.74, 6) is -0.147. The molecule has 0 aromatic rings. The van der Waals surface area contributed by atoms with E-state index in [1.807, 2.05) is 13.8 Å². The van der Waals surface area contributed by atoms with E-state index >= 15 is 0 Å². The van der Waals surface area contributed by atoms with Gasteiger partial charge in [-0.2, -0.15) is 0 Å². The van der Waals surface area contributed by atoms with E-state index in [0.717, 1.165) is 0 Å². The summed E-state index contributed by atoms with van der Waals surface area (Å²) < 4.78 is 0. The zero-order valence-corrected chi connectivity index (χ0v) is 10.8. The maximum absolute atomic E-state index is 11.4. The molecule has 1 N–H and O–H groups in total. The first kappa shape index (κ1) is 14.1. The number of amides is 2. The molecule has 1 aliphatic heterocycles. The monoisotopic (exact) mass is 242 g/mol.